The first-order valence-electron chi connectivity index (χ1n) is 4.76. The van der Waals surface area contributed by atoms with Crippen molar-refractivity contribution in [1.82, 2.24) is 4.98 Å². The molecule has 2 aromatic rings. The van der Waals surface area contributed by atoms with E-state index in [1.165, 1.54) is 30.3 Å². The summed E-state index contributed by atoms with van der Waals surface area (Å²) in [6.07, 6.45) is -3.49. The van der Waals surface area contributed by atoms with Crippen LogP contribution in [0.25, 0.3) is 11.1 Å². The van der Waals surface area contributed by atoms with Gasteiger partial charge in [-0.15, -0.1) is 0 Å². The molecule has 0 saturated carbocycles. The Morgan fingerprint density at radius 2 is 1.76 bits per heavy atom. The van der Waals surface area contributed by atoms with Crippen LogP contribution in [0.2, 0.25) is 0 Å². The van der Waals surface area contributed by atoms with Crippen molar-refractivity contribution in [3.63, 3.8) is 0 Å². The van der Waals surface area contributed by atoms with Crippen molar-refractivity contribution in [2.45, 2.75) is 6.18 Å². The third kappa shape index (κ3) is 2.43. The van der Waals surface area contributed by atoms with Crippen LogP contribution in [0.3, 0.4) is 0 Å². The fourth-order valence-corrected chi connectivity index (χ4v) is 1.52. The van der Waals surface area contributed by atoms with Gasteiger partial charge in [-0.1, -0.05) is 18.2 Å². The molecule has 0 fully saturated rings. The second-order valence-electron chi connectivity index (χ2n) is 3.41. The molecule has 2 rings (SSSR count). The number of nitrogens with zero attached hydrogens (tertiary/aromatic N) is 1. The van der Waals surface area contributed by atoms with Crippen LogP contribution in [0, 0.1) is 5.82 Å². The summed E-state index contributed by atoms with van der Waals surface area (Å²) in [5.41, 5.74) is -0.976. The van der Waals surface area contributed by atoms with Crippen LogP contribution in [0.15, 0.2) is 42.6 Å². The maximum absolute atomic E-state index is 13.0. The Hall–Kier alpha value is -1.91. The molecule has 0 saturated heterocycles. The lowest BCUT2D eigenvalue weighted by molar-refractivity contribution is -0.140. The molecule has 5 heteroatoms. The molecule has 17 heavy (non-hydrogen) atoms. The van der Waals surface area contributed by atoms with E-state index in [4.69, 9.17) is 0 Å². The fraction of sp³-hybridized carbons (Fsp3) is 0.0833. The second kappa shape index (κ2) is 4.16. The van der Waals surface area contributed by atoms with Gasteiger partial charge in [-0.3, -0.25) is 4.98 Å². The Labute approximate surface area is 94.7 Å². The van der Waals surface area contributed by atoms with Crippen LogP contribution in [-0.2, 0) is 6.18 Å². The lowest BCUT2D eigenvalue weighted by Crippen LogP contribution is -2.09. The number of benzene rings is 1. The molecule has 0 radical (unpaired) electrons. The molecule has 1 aromatic carbocycles. The Morgan fingerprint density at radius 3 is 2.41 bits per heavy atom. The predicted octanol–water partition coefficient (Wildman–Crippen LogP) is 3.91. The van der Waals surface area contributed by atoms with E-state index in [0.29, 0.717) is 0 Å². The lowest BCUT2D eigenvalue weighted by atomic mass is 10.0. The first-order chi connectivity index (χ1) is 7.98. The Morgan fingerprint density at radius 1 is 1.00 bits per heavy atom. The van der Waals surface area contributed by atoms with Crippen molar-refractivity contribution in [1.29, 1.82) is 0 Å². The first kappa shape index (κ1) is 11.6. The molecule has 0 amide bonds. The van der Waals surface area contributed by atoms with Crippen molar-refractivity contribution in [3.8, 4) is 11.1 Å². The van der Waals surface area contributed by atoms with Crippen molar-refractivity contribution in [2.75, 3.05) is 0 Å². The summed E-state index contributed by atoms with van der Waals surface area (Å²) < 4.78 is 51.0. The van der Waals surface area contributed by atoms with Gasteiger partial charge in [0.25, 0.3) is 0 Å². The molecule has 0 aliphatic rings. The highest BCUT2D eigenvalue weighted by Gasteiger charge is 2.35. The number of halogens is 4. The second-order valence-corrected chi connectivity index (χ2v) is 3.41. The SMILES string of the molecule is Fc1cccc(-c2cccnc2C(F)(F)F)c1. The average Bonchev–Trinajstić information content (AvgIpc) is 2.28. The maximum atomic E-state index is 13.0. The molecule has 0 spiro atoms. The highest BCUT2D eigenvalue weighted by molar-refractivity contribution is 5.66. The van der Waals surface area contributed by atoms with Crippen LogP contribution in [0.1, 0.15) is 5.69 Å². The first-order valence-corrected chi connectivity index (χ1v) is 4.76. The number of alkyl halides is 3. The zero-order chi connectivity index (χ0) is 12.5. The summed E-state index contributed by atoms with van der Waals surface area (Å²) in [4.78, 5) is 3.31. The van der Waals surface area contributed by atoms with Gasteiger partial charge in [-0.05, 0) is 23.8 Å². The minimum atomic E-state index is -4.55. The minimum absolute atomic E-state index is 0.125. The Balaban J connectivity index is 2.60. The molecule has 88 valence electrons. The standard InChI is InChI=1S/C12H7F4N/c13-9-4-1-3-8(7-9)10-5-2-6-17-11(10)12(14,15)16/h1-7H. The van der Waals surface area contributed by atoms with Crippen LogP contribution in [-0.4, -0.2) is 4.98 Å². The molecule has 0 aliphatic heterocycles. The largest absolute Gasteiger partial charge is 0.433 e. The van der Waals surface area contributed by atoms with E-state index < -0.39 is 17.7 Å². The van der Waals surface area contributed by atoms with E-state index >= 15 is 0 Å². The molecule has 1 aromatic heterocycles. The van der Waals surface area contributed by atoms with Crippen molar-refractivity contribution < 1.29 is 17.6 Å². The van der Waals surface area contributed by atoms with Gasteiger partial charge in [0.2, 0.25) is 0 Å². The highest BCUT2D eigenvalue weighted by Crippen LogP contribution is 2.35. The van der Waals surface area contributed by atoms with Crippen LogP contribution in [0.5, 0.6) is 0 Å². The van der Waals surface area contributed by atoms with Gasteiger partial charge >= 0.3 is 6.18 Å². The van der Waals surface area contributed by atoms with E-state index in [1.54, 1.807) is 0 Å². The predicted molar refractivity (Wildman–Crippen MR) is 54.6 cm³/mol. The van der Waals surface area contributed by atoms with Gasteiger partial charge in [0.15, 0.2) is 5.69 Å². The van der Waals surface area contributed by atoms with Crippen molar-refractivity contribution in [2.24, 2.45) is 0 Å². The van der Waals surface area contributed by atoms with Crippen LogP contribution < -0.4 is 0 Å². The monoisotopic (exact) mass is 241 g/mol. The molecular weight excluding hydrogens is 234 g/mol. The zero-order valence-electron chi connectivity index (χ0n) is 8.50. The number of pyridine rings is 1. The van der Waals surface area contributed by atoms with E-state index in [0.717, 1.165) is 12.3 Å². The van der Waals surface area contributed by atoms with Crippen molar-refractivity contribution >= 4 is 0 Å². The smallest absolute Gasteiger partial charge is 0.251 e. The quantitative estimate of drug-likeness (QED) is 0.690. The summed E-state index contributed by atoms with van der Waals surface area (Å²) in [5, 5.41) is 0. The zero-order valence-corrected chi connectivity index (χ0v) is 8.50. The molecule has 1 heterocycles. The number of hydrogen-bond acceptors (Lipinski definition) is 1. The van der Waals surface area contributed by atoms with Crippen molar-refractivity contribution in [3.05, 3.63) is 54.1 Å². The van der Waals surface area contributed by atoms with E-state index in [9.17, 15) is 17.6 Å². The summed E-state index contributed by atoms with van der Waals surface area (Å²) in [6.45, 7) is 0. The van der Waals surface area contributed by atoms with Gasteiger partial charge < -0.3 is 0 Å². The molecule has 0 bridgehead atoms. The molecule has 0 N–H and O–H groups in total. The molecular formula is C12H7F4N. The van der Waals surface area contributed by atoms with E-state index in [2.05, 4.69) is 4.98 Å². The van der Waals surface area contributed by atoms with Gasteiger partial charge in [0, 0.05) is 11.8 Å². The van der Waals surface area contributed by atoms with Gasteiger partial charge in [0.1, 0.15) is 5.82 Å². The third-order valence-electron chi connectivity index (χ3n) is 2.21. The summed E-state index contributed by atoms with van der Waals surface area (Å²) in [6, 6.07) is 7.65. The average molecular weight is 241 g/mol. The summed E-state index contributed by atoms with van der Waals surface area (Å²) in [7, 11) is 0. The molecule has 0 atom stereocenters. The van der Waals surface area contributed by atoms with Gasteiger partial charge in [-0.2, -0.15) is 13.2 Å². The Kier molecular flexibility index (Phi) is 2.83. The fourth-order valence-electron chi connectivity index (χ4n) is 1.52. The Bertz CT molecular complexity index is 534. The lowest BCUT2D eigenvalue weighted by Gasteiger charge is -2.11. The number of hydrogen-bond donors (Lipinski definition) is 0. The number of rotatable bonds is 1. The summed E-state index contributed by atoms with van der Waals surface area (Å²) >= 11 is 0. The van der Waals surface area contributed by atoms with Crippen LogP contribution in [0.4, 0.5) is 17.6 Å². The topological polar surface area (TPSA) is 12.9 Å². The van der Waals surface area contributed by atoms with Crippen LogP contribution >= 0.6 is 0 Å². The van der Waals surface area contributed by atoms with Gasteiger partial charge in [-0.25, -0.2) is 4.39 Å². The van der Waals surface area contributed by atoms with Gasteiger partial charge in [0.05, 0.1) is 0 Å². The normalized spacial score (nSPS) is 11.5. The maximum Gasteiger partial charge on any atom is 0.433 e. The molecule has 0 unspecified atom stereocenters. The highest BCUT2D eigenvalue weighted by atomic mass is 19.4. The van der Waals surface area contributed by atoms with E-state index in [1.807, 2.05) is 0 Å². The molecule has 1 nitrogen and oxygen atoms in total. The minimum Gasteiger partial charge on any atom is -0.251 e. The third-order valence-corrected chi connectivity index (χ3v) is 2.21. The van der Waals surface area contributed by atoms with E-state index in [-0.39, 0.29) is 11.1 Å². The number of aromatic nitrogens is 1. The summed E-state index contributed by atoms with van der Waals surface area (Å²) in [5.74, 6) is -0.584. The molecule has 0 aliphatic carbocycles.